The summed E-state index contributed by atoms with van der Waals surface area (Å²) in [7, 11) is 9.51. The quantitative estimate of drug-likeness (QED) is 0.0726. The molecule has 0 aliphatic rings. The van der Waals surface area contributed by atoms with Crippen molar-refractivity contribution in [1.29, 1.82) is 0 Å². The van der Waals surface area contributed by atoms with Crippen LogP contribution in [0.2, 0.25) is 0 Å². The second-order valence-electron chi connectivity index (χ2n) is 13.4. The van der Waals surface area contributed by atoms with E-state index in [1.807, 2.05) is 30.3 Å². The first-order valence-electron chi connectivity index (χ1n) is 21.4. The highest BCUT2D eigenvalue weighted by atomic mass is 16.6. The lowest BCUT2D eigenvalue weighted by atomic mass is 9.94. The summed E-state index contributed by atoms with van der Waals surface area (Å²) in [6.07, 6.45) is 5.01. The number of aliphatic hydroxyl groups is 2. The van der Waals surface area contributed by atoms with E-state index < -0.39 is 0 Å². The Labute approximate surface area is 379 Å². The molecule has 0 radical (unpaired) electrons. The summed E-state index contributed by atoms with van der Waals surface area (Å²) in [5, 5.41) is 17.5. The van der Waals surface area contributed by atoms with Crippen LogP contribution in [0.1, 0.15) is 11.1 Å². The van der Waals surface area contributed by atoms with Crippen molar-refractivity contribution < 1.29 is 86.0 Å². The zero-order valence-electron chi connectivity index (χ0n) is 38.9. The molecular weight excluding hydrogens is 840 g/mol. The van der Waals surface area contributed by atoms with Gasteiger partial charge in [0.1, 0.15) is 0 Å². The Hall–Kier alpha value is -3.76. The van der Waals surface area contributed by atoms with Gasteiger partial charge in [-0.2, -0.15) is 0 Å². The first-order valence-corrected chi connectivity index (χ1v) is 21.4. The van der Waals surface area contributed by atoms with E-state index in [1.54, 1.807) is 42.7 Å². The first kappa shape index (κ1) is 56.4. The highest BCUT2D eigenvalue weighted by Gasteiger charge is 2.18. The number of hydrogen-bond donors (Lipinski definition) is 2. The average Bonchev–Trinajstić information content (AvgIpc) is 3.32. The summed E-state index contributed by atoms with van der Waals surface area (Å²) in [6, 6.07) is 7.73. The number of allylic oxidation sites excluding steroid dienone is 2. The number of aliphatic hydroxyl groups excluding tert-OH is 2. The van der Waals surface area contributed by atoms with Gasteiger partial charge in [0.2, 0.25) is 11.5 Å². The molecule has 0 fully saturated rings. The Morgan fingerprint density at radius 2 is 0.703 bits per heavy atom. The van der Waals surface area contributed by atoms with Crippen molar-refractivity contribution >= 4 is 0 Å². The standard InChI is InChI=1S/C46H74O18/c1-49-41-32-37(33-42(50-2)45(41)53-5)30-39(8-7-11-55-14-17-58-20-23-61-24-21-59-18-15-56-12-9-47)40(31-38-34-43(51-3)46(54-6)44(35-38)52-4)36-64-29-28-63-27-26-62-25-22-60-19-16-57-13-10-48/h7-8,32-35,47-48H,9-31,36H2,1-6H3/b8-7+,40-39-. The van der Waals surface area contributed by atoms with Crippen molar-refractivity contribution in [2.24, 2.45) is 0 Å². The van der Waals surface area contributed by atoms with Crippen LogP contribution >= 0.6 is 0 Å². The van der Waals surface area contributed by atoms with Crippen LogP contribution in [0.3, 0.4) is 0 Å². The second kappa shape index (κ2) is 38.5. The maximum atomic E-state index is 8.76. The molecule has 2 aromatic rings. The van der Waals surface area contributed by atoms with E-state index in [4.69, 9.17) is 86.0 Å². The summed E-state index contributed by atoms with van der Waals surface area (Å²) >= 11 is 0. The summed E-state index contributed by atoms with van der Waals surface area (Å²) in [6.45, 7) is 8.02. The van der Waals surface area contributed by atoms with Gasteiger partial charge in [0.05, 0.1) is 188 Å². The summed E-state index contributed by atoms with van der Waals surface area (Å²) < 4.78 is 89.9. The van der Waals surface area contributed by atoms with Gasteiger partial charge in [-0.05, 0) is 59.4 Å². The van der Waals surface area contributed by atoms with E-state index in [1.165, 1.54) is 0 Å². The first-order chi connectivity index (χ1) is 31.5. The molecule has 0 spiro atoms. The van der Waals surface area contributed by atoms with Gasteiger partial charge in [0.25, 0.3) is 0 Å². The highest BCUT2D eigenvalue weighted by Crippen LogP contribution is 2.40. The van der Waals surface area contributed by atoms with Crippen molar-refractivity contribution in [3.8, 4) is 34.5 Å². The molecule has 0 aromatic heterocycles. The van der Waals surface area contributed by atoms with Gasteiger partial charge in [-0.1, -0.05) is 12.2 Å². The lowest BCUT2D eigenvalue weighted by Crippen LogP contribution is -2.14. The van der Waals surface area contributed by atoms with Gasteiger partial charge in [0.15, 0.2) is 23.0 Å². The molecule has 0 bridgehead atoms. The summed E-state index contributed by atoms with van der Waals surface area (Å²) in [4.78, 5) is 0. The van der Waals surface area contributed by atoms with E-state index >= 15 is 0 Å². The van der Waals surface area contributed by atoms with Gasteiger partial charge < -0.3 is 86.0 Å². The Kier molecular flexibility index (Phi) is 33.9. The highest BCUT2D eigenvalue weighted by molar-refractivity contribution is 5.56. The second-order valence-corrected chi connectivity index (χ2v) is 13.4. The molecule has 0 atom stereocenters. The number of ether oxygens (including phenoxy) is 16. The smallest absolute Gasteiger partial charge is 0.203 e. The summed E-state index contributed by atoms with van der Waals surface area (Å²) in [5.41, 5.74) is 3.83. The minimum atomic E-state index is -0.00708. The predicted octanol–water partition coefficient (Wildman–Crippen LogP) is 3.53. The van der Waals surface area contributed by atoms with E-state index in [0.717, 1.165) is 22.3 Å². The van der Waals surface area contributed by atoms with Crippen LogP contribution in [0.15, 0.2) is 47.6 Å². The molecule has 64 heavy (non-hydrogen) atoms. The Morgan fingerprint density at radius 1 is 0.391 bits per heavy atom. The fourth-order valence-electron chi connectivity index (χ4n) is 5.93. The number of hydrogen-bond acceptors (Lipinski definition) is 18. The molecule has 0 unspecified atom stereocenters. The van der Waals surface area contributed by atoms with Crippen molar-refractivity contribution in [2.75, 3.05) is 188 Å². The van der Waals surface area contributed by atoms with Crippen LogP contribution in [0.5, 0.6) is 34.5 Å². The minimum absolute atomic E-state index is 0.00183. The van der Waals surface area contributed by atoms with Gasteiger partial charge in [-0.25, -0.2) is 0 Å². The lowest BCUT2D eigenvalue weighted by molar-refractivity contribution is -0.0122. The van der Waals surface area contributed by atoms with Crippen LogP contribution in [-0.2, 0) is 60.2 Å². The molecule has 0 saturated carbocycles. The molecule has 2 rings (SSSR count). The normalized spacial score (nSPS) is 11.9. The fourth-order valence-corrected chi connectivity index (χ4v) is 5.93. The molecule has 0 heterocycles. The third kappa shape index (κ3) is 24.5. The number of methoxy groups -OCH3 is 6. The number of benzene rings is 2. The monoisotopic (exact) mass is 914 g/mol. The Bertz CT molecular complexity index is 1470. The molecule has 2 N–H and O–H groups in total. The van der Waals surface area contributed by atoms with E-state index in [9.17, 15) is 0 Å². The molecule has 18 heteroatoms. The van der Waals surface area contributed by atoms with E-state index in [2.05, 4.69) is 6.08 Å². The Morgan fingerprint density at radius 3 is 1.03 bits per heavy atom. The topological polar surface area (TPSA) is 188 Å². The third-order valence-electron chi connectivity index (χ3n) is 8.97. The molecule has 0 saturated heterocycles. The maximum absolute atomic E-state index is 8.76. The van der Waals surface area contributed by atoms with Crippen LogP contribution in [-0.4, -0.2) is 198 Å². The largest absolute Gasteiger partial charge is 0.493 e. The SMILES string of the molecule is COc1cc(CC(/C=C/COCCOCCOCCOCCOCCO)=C(\COCCOCCOCCOCCOCCO)Cc2cc(OC)c(OC)c(OC)c2)cc(OC)c1OC. The van der Waals surface area contributed by atoms with E-state index in [-0.39, 0.29) is 13.2 Å². The van der Waals surface area contributed by atoms with Gasteiger partial charge in [-0.3, -0.25) is 0 Å². The van der Waals surface area contributed by atoms with Crippen molar-refractivity contribution in [1.82, 2.24) is 0 Å². The number of rotatable bonds is 43. The molecule has 0 aliphatic heterocycles. The molecule has 2 aromatic carbocycles. The molecular formula is C46H74O18. The maximum Gasteiger partial charge on any atom is 0.203 e. The molecule has 366 valence electrons. The lowest BCUT2D eigenvalue weighted by Gasteiger charge is -2.19. The van der Waals surface area contributed by atoms with Crippen molar-refractivity contribution in [2.45, 2.75) is 12.8 Å². The zero-order valence-corrected chi connectivity index (χ0v) is 38.9. The van der Waals surface area contributed by atoms with Crippen LogP contribution in [0.4, 0.5) is 0 Å². The van der Waals surface area contributed by atoms with E-state index in [0.29, 0.717) is 179 Å². The van der Waals surface area contributed by atoms with Gasteiger partial charge in [0, 0.05) is 0 Å². The van der Waals surface area contributed by atoms with Crippen molar-refractivity contribution in [3.05, 3.63) is 58.7 Å². The van der Waals surface area contributed by atoms with Crippen LogP contribution < -0.4 is 28.4 Å². The van der Waals surface area contributed by atoms with Crippen molar-refractivity contribution in [3.63, 3.8) is 0 Å². The molecule has 0 aliphatic carbocycles. The van der Waals surface area contributed by atoms with Crippen LogP contribution in [0, 0.1) is 0 Å². The van der Waals surface area contributed by atoms with Gasteiger partial charge in [-0.15, -0.1) is 0 Å². The molecule has 18 nitrogen and oxygen atoms in total. The third-order valence-corrected chi connectivity index (χ3v) is 8.97. The predicted molar refractivity (Wildman–Crippen MR) is 238 cm³/mol. The minimum Gasteiger partial charge on any atom is -0.493 e. The Balaban J connectivity index is 2.15. The average molecular weight is 915 g/mol. The van der Waals surface area contributed by atoms with Crippen LogP contribution in [0.25, 0.3) is 0 Å². The summed E-state index contributed by atoms with van der Waals surface area (Å²) in [5.74, 6) is 3.18. The van der Waals surface area contributed by atoms with Gasteiger partial charge >= 0.3 is 0 Å². The molecule has 0 amide bonds. The fraction of sp³-hybridized carbons (Fsp3) is 0.652. The zero-order chi connectivity index (χ0) is 46.3.